The third-order valence-electron chi connectivity index (χ3n) is 7.04. The molecule has 15 heteroatoms. The number of imidazole rings is 1. The highest BCUT2D eigenvalue weighted by Gasteiger charge is 2.29. The zero-order valence-corrected chi connectivity index (χ0v) is 24.6. The number of carboxylic acids is 1. The molecule has 0 aliphatic carbocycles. The van der Waals surface area contributed by atoms with Crippen molar-refractivity contribution in [3.8, 4) is 11.5 Å². The number of aliphatic carboxylic acids is 1. The van der Waals surface area contributed by atoms with Crippen LogP contribution in [0.1, 0.15) is 39.0 Å². The highest BCUT2D eigenvalue weighted by atomic mass is 79.9. The molecule has 2 aliphatic heterocycles. The Balaban J connectivity index is 1.22. The van der Waals surface area contributed by atoms with Crippen molar-refractivity contribution in [3.05, 3.63) is 22.9 Å². The van der Waals surface area contributed by atoms with Gasteiger partial charge in [-0.25, -0.2) is 15.0 Å². The molecule has 3 aromatic rings. The molecule has 2 aliphatic rings. The molecule has 3 N–H and O–H groups in total. The van der Waals surface area contributed by atoms with E-state index in [2.05, 4.69) is 25.9 Å². The number of esters is 1. The Bertz CT molecular complexity index is 1480. The maximum absolute atomic E-state index is 12.8. The van der Waals surface area contributed by atoms with Crippen LogP contribution in [-0.4, -0.2) is 73.4 Å². The van der Waals surface area contributed by atoms with Crippen LogP contribution < -0.4 is 15.2 Å². The largest absolute Gasteiger partial charge is 0.481 e. The van der Waals surface area contributed by atoms with Crippen molar-refractivity contribution < 1.29 is 33.7 Å². The number of piperidine rings is 1. The van der Waals surface area contributed by atoms with Crippen molar-refractivity contribution in [2.75, 3.05) is 25.6 Å². The molecule has 4 heterocycles. The molecule has 1 saturated heterocycles. The van der Waals surface area contributed by atoms with Crippen LogP contribution in [-0.2, 0) is 25.7 Å². The summed E-state index contributed by atoms with van der Waals surface area (Å²) in [5.74, 6) is -0.0310. The molecule has 13 nitrogen and oxygen atoms in total. The quantitative estimate of drug-likeness (QED) is 0.307. The fourth-order valence-electron chi connectivity index (χ4n) is 4.81. The van der Waals surface area contributed by atoms with Crippen molar-refractivity contribution in [2.24, 2.45) is 5.92 Å². The second-order valence-corrected chi connectivity index (χ2v) is 11.7. The van der Waals surface area contributed by atoms with Crippen molar-refractivity contribution in [1.29, 1.82) is 0 Å². The topological polar surface area (TPSA) is 172 Å². The fraction of sp³-hybridized carbons (Fsp3) is 0.462. The third kappa shape index (κ3) is 6.67. The molecular weight excluding hydrogens is 620 g/mol. The number of amides is 1. The average molecular weight is 650 g/mol. The van der Waals surface area contributed by atoms with Crippen LogP contribution in [0.15, 0.2) is 33.0 Å². The number of carboxylic acid groups (broad SMARTS) is 1. The average Bonchev–Trinajstić information content (AvgIpc) is 3.55. The van der Waals surface area contributed by atoms with Crippen LogP contribution in [0.25, 0.3) is 11.2 Å². The minimum atomic E-state index is -1.09. The van der Waals surface area contributed by atoms with Crippen molar-refractivity contribution in [2.45, 2.75) is 61.7 Å². The molecule has 2 aromatic heterocycles. The van der Waals surface area contributed by atoms with Crippen LogP contribution in [0.2, 0.25) is 0 Å². The Morgan fingerprint density at radius 1 is 1.20 bits per heavy atom. The van der Waals surface area contributed by atoms with E-state index < -0.39 is 18.0 Å². The van der Waals surface area contributed by atoms with Crippen LogP contribution in [0, 0.1) is 5.92 Å². The fourth-order valence-corrected chi connectivity index (χ4v) is 6.32. The molecule has 1 fully saturated rings. The number of benzene rings is 1. The number of nitrogens with zero attached hydrogens (tertiary/aromatic N) is 5. The van der Waals surface area contributed by atoms with E-state index in [1.807, 2.05) is 16.7 Å². The van der Waals surface area contributed by atoms with Gasteiger partial charge in [0.25, 0.3) is 5.91 Å². The van der Waals surface area contributed by atoms with Gasteiger partial charge in [-0.2, -0.15) is 0 Å². The monoisotopic (exact) mass is 648 g/mol. The van der Waals surface area contributed by atoms with Gasteiger partial charge in [-0.15, -0.1) is 0 Å². The molecule has 41 heavy (non-hydrogen) atoms. The number of likely N-dealkylation sites (tertiary alicyclic amines) is 1. The van der Waals surface area contributed by atoms with Crippen LogP contribution in [0.4, 0.5) is 5.82 Å². The third-order valence-corrected chi connectivity index (χ3v) is 9.01. The second-order valence-electron chi connectivity index (χ2n) is 9.80. The lowest BCUT2D eigenvalue weighted by atomic mass is 9.93. The normalized spacial score (nSPS) is 15.7. The molecule has 1 unspecified atom stereocenters. The summed E-state index contributed by atoms with van der Waals surface area (Å²) >= 11 is 5.08. The maximum atomic E-state index is 12.8. The summed E-state index contributed by atoms with van der Waals surface area (Å²) in [7, 11) is 0. The smallest absolute Gasteiger partial charge is 0.307 e. The highest BCUT2D eigenvalue weighted by Crippen LogP contribution is 2.43. The molecule has 1 aromatic carbocycles. The van der Waals surface area contributed by atoms with Crippen LogP contribution in [0.3, 0.4) is 0 Å². The summed E-state index contributed by atoms with van der Waals surface area (Å²) in [5, 5.41) is 9.43. The van der Waals surface area contributed by atoms with Crippen molar-refractivity contribution >= 4 is 62.5 Å². The lowest BCUT2D eigenvalue weighted by molar-refractivity contribution is -0.160. The number of hydrogen-bond donors (Lipinski definition) is 2. The molecule has 1 atom stereocenters. The predicted octanol–water partition coefficient (Wildman–Crippen LogP) is 3.48. The minimum absolute atomic E-state index is 0.182. The van der Waals surface area contributed by atoms with E-state index in [4.69, 9.17) is 30.0 Å². The standard InChI is InChI=1S/C26H29BrN6O7S/c1-14(40-21(36)3-2-20(34)35)25(37)32-7-4-15(5-8-32)6-9-33-24-22(23(28)29-12-30-24)31-26(33)41-19-11-18-17(10-16(19)27)38-13-39-18/h10-12,14-15H,2-9,13H2,1H3,(H,34,35)(H2,28,29,30). The highest BCUT2D eigenvalue weighted by molar-refractivity contribution is 9.10. The van der Waals surface area contributed by atoms with Gasteiger partial charge in [0.2, 0.25) is 6.79 Å². The van der Waals surface area contributed by atoms with E-state index in [0.717, 1.165) is 33.8 Å². The van der Waals surface area contributed by atoms with Gasteiger partial charge in [0.15, 0.2) is 39.7 Å². The lowest BCUT2D eigenvalue weighted by Gasteiger charge is -2.33. The summed E-state index contributed by atoms with van der Waals surface area (Å²) in [4.78, 5) is 51.2. The van der Waals surface area contributed by atoms with E-state index in [0.29, 0.717) is 54.0 Å². The van der Waals surface area contributed by atoms with E-state index in [9.17, 15) is 14.4 Å². The maximum Gasteiger partial charge on any atom is 0.307 e. The van der Waals surface area contributed by atoms with Crippen LogP contribution in [0.5, 0.6) is 11.5 Å². The molecular formula is C26H29BrN6O7S. The summed E-state index contributed by atoms with van der Waals surface area (Å²) in [6, 6.07) is 3.78. The number of nitrogen functional groups attached to an aromatic ring is 1. The first-order valence-corrected chi connectivity index (χ1v) is 14.7. The zero-order valence-electron chi connectivity index (χ0n) is 22.2. The molecule has 0 saturated carbocycles. The SMILES string of the molecule is CC(OC(=O)CCC(=O)O)C(=O)N1CCC(CCn2c(Sc3cc4c(cc3Br)OCO4)nc3c(N)ncnc32)CC1. The van der Waals surface area contributed by atoms with E-state index >= 15 is 0 Å². The van der Waals surface area contributed by atoms with Gasteiger partial charge in [0.05, 0.1) is 12.8 Å². The Morgan fingerprint density at radius 2 is 1.93 bits per heavy atom. The van der Waals surface area contributed by atoms with E-state index in [-0.39, 0.29) is 25.5 Å². The number of halogens is 1. The van der Waals surface area contributed by atoms with Gasteiger partial charge in [-0.05, 0) is 60.2 Å². The lowest BCUT2D eigenvalue weighted by Crippen LogP contribution is -2.44. The number of hydrogen-bond acceptors (Lipinski definition) is 11. The van der Waals surface area contributed by atoms with Gasteiger partial charge in [-0.3, -0.25) is 14.4 Å². The van der Waals surface area contributed by atoms with Gasteiger partial charge < -0.3 is 34.5 Å². The number of aromatic nitrogens is 4. The first-order chi connectivity index (χ1) is 19.7. The van der Waals surface area contributed by atoms with Gasteiger partial charge in [-0.1, -0.05) is 11.8 Å². The Labute approximate surface area is 247 Å². The van der Waals surface area contributed by atoms with E-state index in [1.54, 1.807) is 4.90 Å². The number of ether oxygens (including phenoxy) is 3. The van der Waals surface area contributed by atoms with Crippen LogP contribution >= 0.6 is 27.7 Å². The number of aryl methyl sites for hydroxylation is 1. The first-order valence-electron chi connectivity index (χ1n) is 13.1. The van der Waals surface area contributed by atoms with Gasteiger partial charge in [0.1, 0.15) is 6.33 Å². The molecule has 1 amide bonds. The number of carbonyl (C=O) groups excluding carboxylic acids is 2. The first kappa shape index (κ1) is 28.9. The predicted molar refractivity (Wildman–Crippen MR) is 150 cm³/mol. The second kappa shape index (κ2) is 12.5. The number of anilines is 1. The number of rotatable bonds is 10. The number of fused-ring (bicyclic) bond motifs is 2. The molecule has 0 spiro atoms. The number of nitrogens with two attached hydrogens (primary N) is 1. The molecule has 0 bridgehead atoms. The van der Waals surface area contributed by atoms with E-state index in [1.165, 1.54) is 25.0 Å². The summed E-state index contributed by atoms with van der Waals surface area (Å²) < 4.78 is 19.0. The summed E-state index contributed by atoms with van der Waals surface area (Å²) in [5.41, 5.74) is 7.32. The Morgan fingerprint density at radius 3 is 2.66 bits per heavy atom. The minimum Gasteiger partial charge on any atom is -0.481 e. The summed E-state index contributed by atoms with van der Waals surface area (Å²) in [6.07, 6.45) is 2.32. The zero-order chi connectivity index (χ0) is 29.1. The molecule has 218 valence electrons. The molecule has 0 radical (unpaired) electrons. The molecule has 5 rings (SSSR count). The van der Waals surface area contributed by atoms with Gasteiger partial charge >= 0.3 is 11.9 Å². The Kier molecular flexibility index (Phi) is 8.82. The van der Waals surface area contributed by atoms with Gasteiger partial charge in [0, 0.05) is 29.0 Å². The number of carbonyl (C=O) groups is 3. The Hall–Kier alpha value is -3.59. The van der Waals surface area contributed by atoms with Crippen molar-refractivity contribution in [1.82, 2.24) is 24.4 Å². The summed E-state index contributed by atoms with van der Waals surface area (Å²) in [6.45, 7) is 3.44. The van der Waals surface area contributed by atoms with Crippen molar-refractivity contribution in [3.63, 3.8) is 0 Å².